The monoisotopic (exact) mass is 477 g/mol. The first kappa shape index (κ1) is 24.1. The molecule has 6 nitrogen and oxygen atoms in total. The number of benzene rings is 2. The van der Waals surface area contributed by atoms with Crippen LogP contribution in [0, 0.1) is 0 Å². The van der Waals surface area contributed by atoms with E-state index in [1.165, 1.54) is 0 Å². The Morgan fingerprint density at radius 3 is 2.38 bits per heavy atom. The van der Waals surface area contributed by atoms with Gasteiger partial charge in [-0.2, -0.15) is 0 Å². The maximum absolute atomic E-state index is 13.4. The van der Waals surface area contributed by atoms with Gasteiger partial charge >= 0.3 is 0 Å². The van der Waals surface area contributed by atoms with Crippen LogP contribution >= 0.6 is 0 Å². The van der Waals surface area contributed by atoms with Crippen LogP contribution in [0.5, 0.6) is 0 Å². The number of nitrogens with one attached hydrogen (secondary N) is 1. The van der Waals surface area contributed by atoms with Gasteiger partial charge in [-0.1, -0.05) is 60.7 Å². The van der Waals surface area contributed by atoms with E-state index in [2.05, 4.69) is 40.9 Å². The quantitative estimate of drug-likeness (QED) is 0.524. The van der Waals surface area contributed by atoms with E-state index in [0.717, 1.165) is 34.9 Å². The van der Waals surface area contributed by atoms with Crippen LogP contribution in [0.4, 0.5) is 0 Å². The summed E-state index contributed by atoms with van der Waals surface area (Å²) in [5.74, 6) is 0.0956. The normalized spacial score (nSPS) is 19.7. The number of sulfonamides is 1. The van der Waals surface area contributed by atoms with Crippen molar-refractivity contribution >= 4 is 15.9 Å². The van der Waals surface area contributed by atoms with Gasteiger partial charge in [0, 0.05) is 37.3 Å². The Bertz CT molecular complexity index is 1210. The lowest BCUT2D eigenvalue weighted by Gasteiger charge is -2.44. The summed E-state index contributed by atoms with van der Waals surface area (Å²) in [6, 6.07) is 22.2. The van der Waals surface area contributed by atoms with Gasteiger partial charge in [0.25, 0.3) is 0 Å². The average molecular weight is 478 g/mol. The molecule has 1 unspecified atom stereocenters. The van der Waals surface area contributed by atoms with Gasteiger partial charge in [-0.05, 0) is 48.1 Å². The topological polar surface area (TPSA) is 79.4 Å². The van der Waals surface area contributed by atoms with Crippen LogP contribution in [-0.4, -0.2) is 43.6 Å². The van der Waals surface area contributed by atoms with Gasteiger partial charge in [0.2, 0.25) is 15.9 Å². The molecule has 1 aromatic heterocycles. The fourth-order valence-electron chi connectivity index (χ4n) is 4.89. The van der Waals surface area contributed by atoms with Crippen molar-refractivity contribution < 1.29 is 13.2 Å². The van der Waals surface area contributed by atoms with Crippen molar-refractivity contribution in [1.82, 2.24) is 14.6 Å². The molecule has 1 fully saturated rings. The van der Waals surface area contributed by atoms with E-state index >= 15 is 0 Å². The SMILES string of the molecule is C[C@@H](c1ccc(-c2cccnc2)cc1)N1CCC(CCNS(C)(=O)=O)(c2ccccc2)CC1=O. The lowest BCUT2D eigenvalue weighted by atomic mass is 9.70. The molecule has 1 aliphatic rings. The fourth-order valence-corrected chi connectivity index (χ4v) is 5.36. The molecule has 1 saturated heterocycles. The Morgan fingerprint density at radius 1 is 1.03 bits per heavy atom. The van der Waals surface area contributed by atoms with Crippen LogP contribution < -0.4 is 4.72 Å². The van der Waals surface area contributed by atoms with Gasteiger partial charge in [-0.3, -0.25) is 9.78 Å². The zero-order valence-electron chi connectivity index (χ0n) is 19.6. The zero-order valence-corrected chi connectivity index (χ0v) is 20.5. The van der Waals surface area contributed by atoms with Crippen molar-refractivity contribution in [3.8, 4) is 11.1 Å². The highest BCUT2D eigenvalue weighted by Crippen LogP contribution is 2.41. The molecule has 0 radical (unpaired) electrons. The first-order valence-corrected chi connectivity index (χ1v) is 13.5. The van der Waals surface area contributed by atoms with Crippen molar-refractivity contribution in [3.63, 3.8) is 0 Å². The van der Waals surface area contributed by atoms with Gasteiger partial charge in [-0.15, -0.1) is 0 Å². The molecule has 34 heavy (non-hydrogen) atoms. The van der Waals surface area contributed by atoms with E-state index in [9.17, 15) is 13.2 Å². The van der Waals surface area contributed by atoms with Crippen LogP contribution in [0.25, 0.3) is 11.1 Å². The first-order valence-electron chi connectivity index (χ1n) is 11.6. The van der Waals surface area contributed by atoms with E-state index in [-0.39, 0.29) is 17.4 Å². The number of likely N-dealkylation sites (tertiary alicyclic amines) is 1. The van der Waals surface area contributed by atoms with Gasteiger partial charge in [-0.25, -0.2) is 13.1 Å². The van der Waals surface area contributed by atoms with E-state index in [0.29, 0.717) is 25.9 Å². The minimum absolute atomic E-state index is 0.0432. The Labute approximate surface area is 202 Å². The minimum atomic E-state index is -3.28. The number of hydrogen-bond donors (Lipinski definition) is 1. The Morgan fingerprint density at radius 2 is 1.76 bits per heavy atom. The van der Waals surface area contributed by atoms with Crippen LogP contribution in [0.1, 0.15) is 43.4 Å². The third-order valence-corrected chi connectivity index (χ3v) is 7.58. The molecular weight excluding hydrogens is 446 g/mol. The molecule has 1 amide bonds. The summed E-state index contributed by atoms with van der Waals surface area (Å²) < 4.78 is 25.8. The van der Waals surface area contributed by atoms with Crippen molar-refractivity contribution in [3.05, 3.63) is 90.3 Å². The van der Waals surface area contributed by atoms with E-state index < -0.39 is 10.0 Å². The summed E-state index contributed by atoms with van der Waals surface area (Å²) in [5, 5.41) is 0. The lowest BCUT2D eigenvalue weighted by Crippen LogP contribution is -2.48. The minimum Gasteiger partial charge on any atom is -0.336 e. The highest BCUT2D eigenvalue weighted by atomic mass is 32.2. The second-order valence-corrected chi connectivity index (χ2v) is 10.9. The summed E-state index contributed by atoms with van der Waals surface area (Å²) in [4.78, 5) is 19.6. The highest BCUT2D eigenvalue weighted by Gasteiger charge is 2.41. The summed E-state index contributed by atoms with van der Waals surface area (Å²) >= 11 is 0. The molecule has 178 valence electrons. The molecular formula is C27H31N3O3S. The number of pyridine rings is 1. The van der Waals surface area contributed by atoms with E-state index in [1.54, 1.807) is 6.20 Å². The zero-order chi connectivity index (χ0) is 24.2. The largest absolute Gasteiger partial charge is 0.336 e. The maximum atomic E-state index is 13.4. The van der Waals surface area contributed by atoms with Crippen LogP contribution in [0.3, 0.4) is 0 Å². The summed E-state index contributed by atoms with van der Waals surface area (Å²) in [7, 11) is -3.28. The maximum Gasteiger partial charge on any atom is 0.223 e. The molecule has 2 atom stereocenters. The summed E-state index contributed by atoms with van der Waals surface area (Å²) in [5.41, 5.74) is 3.96. The van der Waals surface area contributed by atoms with Crippen LogP contribution in [0.15, 0.2) is 79.1 Å². The molecule has 7 heteroatoms. The third kappa shape index (κ3) is 5.54. The number of nitrogens with zero attached hydrogens (tertiary/aromatic N) is 2. The molecule has 0 aliphatic carbocycles. The summed E-state index contributed by atoms with van der Waals surface area (Å²) in [6.45, 7) is 3.00. The van der Waals surface area contributed by atoms with Crippen molar-refractivity contribution in [1.29, 1.82) is 0 Å². The standard InChI is InChI=1S/C27H31N3O3S/c1-21(22-10-12-23(13-11-22)24-7-6-16-28-20-24)30-18-15-27(19-26(30)31,14-17-29-34(2,32)33)25-8-4-3-5-9-25/h3-13,16,20-21,29H,14-15,17-19H2,1-2H3/t21-,27?/m0/s1. The van der Waals surface area contributed by atoms with E-state index in [1.807, 2.05) is 53.6 Å². The second-order valence-electron chi connectivity index (χ2n) is 9.12. The summed E-state index contributed by atoms with van der Waals surface area (Å²) in [6.07, 6.45) is 6.49. The number of amides is 1. The van der Waals surface area contributed by atoms with Crippen molar-refractivity contribution in [2.75, 3.05) is 19.3 Å². The molecule has 0 saturated carbocycles. The van der Waals surface area contributed by atoms with Crippen molar-refractivity contribution in [2.45, 2.75) is 37.6 Å². The van der Waals surface area contributed by atoms with Gasteiger partial charge in [0.15, 0.2) is 0 Å². The van der Waals surface area contributed by atoms with E-state index in [4.69, 9.17) is 0 Å². The molecule has 0 bridgehead atoms. The Balaban J connectivity index is 1.50. The average Bonchev–Trinajstić information content (AvgIpc) is 2.84. The predicted octanol–water partition coefficient (Wildman–Crippen LogP) is 4.31. The number of carbonyl (C=O) groups excluding carboxylic acids is 1. The number of aromatic nitrogens is 1. The van der Waals surface area contributed by atoms with Crippen molar-refractivity contribution in [2.24, 2.45) is 0 Å². The third-order valence-electron chi connectivity index (χ3n) is 6.85. The first-order chi connectivity index (χ1) is 16.3. The van der Waals surface area contributed by atoms with Gasteiger partial charge in [0.05, 0.1) is 12.3 Å². The highest BCUT2D eigenvalue weighted by molar-refractivity contribution is 7.88. The number of rotatable bonds is 8. The number of carbonyl (C=O) groups is 1. The molecule has 1 N–H and O–H groups in total. The second kappa shape index (κ2) is 10.1. The molecule has 2 heterocycles. The van der Waals surface area contributed by atoms with Crippen LogP contribution in [-0.2, 0) is 20.2 Å². The molecule has 1 aliphatic heterocycles. The number of hydrogen-bond acceptors (Lipinski definition) is 4. The number of piperidine rings is 1. The molecule has 0 spiro atoms. The fraction of sp³-hybridized carbons (Fsp3) is 0.333. The van der Waals surface area contributed by atoms with Crippen LogP contribution in [0.2, 0.25) is 0 Å². The lowest BCUT2D eigenvalue weighted by molar-refractivity contribution is -0.138. The Kier molecular flexibility index (Phi) is 7.14. The molecule has 4 rings (SSSR count). The smallest absolute Gasteiger partial charge is 0.223 e. The Hall–Kier alpha value is -3.03. The van der Waals surface area contributed by atoms with Gasteiger partial charge in [0.1, 0.15) is 0 Å². The van der Waals surface area contributed by atoms with Gasteiger partial charge < -0.3 is 4.90 Å². The molecule has 2 aromatic carbocycles. The molecule has 3 aromatic rings. The predicted molar refractivity (Wildman–Crippen MR) is 135 cm³/mol.